The molecule has 0 fully saturated rings. The molecule has 1 aromatic heterocycles. The average Bonchev–Trinajstić information content (AvgIpc) is 2.81. The second-order valence-corrected chi connectivity index (χ2v) is 3.96. The smallest absolute Gasteiger partial charge is 0.273 e. The molecule has 6 heteroatoms. The maximum absolute atomic E-state index is 11.8. The number of hydrogen-bond donors (Lipinski definition) is 2. The van der Waals surface area contributed by atoms with Gasteiger partial charge < -0.3 is 10.5 Å². The van der Waals surface area contributed by atoms with E-state index in [9.17, 15) is 9.59 Å². The highest BCUT2D eigenvalue weighted by molar-refractivity contribution is 5.77. The average molecular weight is 261 g/mol. The van der Waals surface area contributed by atoms with Crippen molar-refractivity contribution in [2.75, 3.05) is 6.61 Å². The number of ether oxygens (including phenoxy) is 1. The van der Waals surface area contributed by atoms with Crippen LogP contribution in [0.3, 0.4) is 0 Å². The summed E-state index contributed by atoms with van der Waals surface area (Å²) in [6, 6.07) is 10.5. The van der Waals surface area contributed by atoms with Gasteiger partial charge in [-0.2, -0.15) is 4.68 Å². The van der Waals surface area contributed by atoms with Gasteiger partial charge in [0.25, 0.3) is 11.5 Å². The SMILES string of the molecule is NCc1cc(=O)n(C(=O)CCOc2ccccc2)[nH]1. The van der Waals surface area contributed by atoms with E-state index in [0.29, 0.717) is 11.4 Å². The van der Waals surface area contributed by atoms with Crippen LogP contribution in [-0.4, -0.2) is 22.3 Å². The van der Waals surface area contributed by atoms with Crippen LogP contribution in [0.2, 0.25) is 0 Å². The number of benzene rings is 1. The minimum absolute atomic E-state index is 0.110. The molecule has 0 atom stereocenters. The molecule has 0 aliphatic rings. The van der Waals surface area contributed by atoms with E-state index in [0.717, 1.165) is 4.68 Å². The van der Waals surface area contributed by atoms with Gasteiger partial charge in [-0.15, -0.1) is 0 Å². The van der Waals surface area contributed by atoms with Crippen LogP contribution in [0, 0.1) is 0 Å². The fourth-order valence-corrected chi connectivity index (χ4v) is 1.62. The van der Waals surface area contributed by atoms with Gasteiger partial charge in [-0.05, 0) is 12.1 Å². The van der Waals surface area contributed by atoms with Gasteiger partial charge in [-0.1, -0.05) is 18.2 Å². The molecule has 0 bridgehead atoms. The minimum atomic E-state index is -0.398. The Balaban J connectivity index is 1.91. The molecule has 1 heterocycles. The molecule has 6 nitrogen and oxygen atoms in total. The van der Waals surface area contributed by atoms with Crippen molar-refractivity contribution in [2.45, 2.75) is 13.0 Å². The maximum atomic E-state index is 11.8. The van der Waals surface area contributed by atoms with E-state index in [1.54, 1.807) is 12.1 Å². The summed E-state index contributed by atoms with van der Waals surface area (Å²) in [6.07, 6.45) is 0.110. The summed E-state index contributed by atoms with van der Waals surface area (Å²) in [5, 5.41) is 2.65. The number of nitrogens with two attached hydrogens (primary N) is 1. The summed E-state index contributed by atoms with van der Waals surface area (Å²) >= 11 is 0. The summed E-state index contributed by atoms with van der Waals surface area (Å²) in [5.41, 5.74) is 5.52. The normalized spacial score (nSPS) is 10.4. The molecule has 0 unspecified atom stereocenters. The summed E-state index contributed by atoms with van der Waals surface area (Å²) in [4.78, 5) is 23.3. The summed E-state index contributed by atoms with van der Waals surface area (Å²) < 4.78 is 6.35. The summed E-state index contributed by atoms with van der Waals surface area (Å²) in [7, 11) is 0. The number of para-hydroxylation sites is 1. The lowest BCUT2D eigenvalue weighted by atomic mass is 10.3. The van der Waals surface area contributed by atoms with Gasteiger partial charge in [-0.25, -0.2) is 0 Å². The van der Waals surface area contributed by atoms with Crippen molar-refractivity contribution in [1.82, 2.24) is 9.78 Å². The van der Waals surface area contributed by atoms with Crippen LogP contribution < -0.4 is 16.0 Å². The monoisotopic (exact) mass is 261 g/mol. The first kappa shape index (κ1) is 13.1. The number of H-pyrrole nitrogens is 1. The highest BCUT2D eigenvalue weighted by Crippen LogP contribution is 2.08. The quantitative estimate of drug-likeness (QED) is 0.830. The molecule has 0 amide bonds. The predicted molar refractivity (Wildman–Crippen MR) is 70.1 cm³/mol. The lowest BCUT2D eigenvalue weighted by Gasteiger charge is -2.05. The van der Waals surface area contributed by atoms with Crippen molar-refractivity contribution in [3.05, 3.63) is 52.4 Å². The Morgan fingerprint density at radius 3 is 2.68 bits per heavy atom. The molecular weight excluding hydrogens is 246 g/mol. The van der Waals surface area contributed by atoms with E-state index in [4.69, 9.17) is 10.5 Å². The molecule has 2 aromatic rings. The Bertz CT molecular complexity index is 601. The first-order valence-corrected chi connectivity index (χ1v) is 5.93. The first-order valence-electron chi connectivity index (χ1n) is 5.93. The lowest BCUT2D eigenvalue weighted by Crippen LogP contribution is -2.25. The van der Waals surface area contributed by atoms with Crippen LogP contribution in [0.5, 0.6) is 5.75 Å². The number of rotatable bonds is 5. The molecular formula is C13H15N3O3. The van der Waals surface area contributed by atoms with Crippen molar-refractivity contribution in [1.29, 1.82) is 0 Å². The Morgan fingerprint density at radius 2 is 2.05 bits per heavy atom. The van der Waals surface area contributed by atoms with E-state index >= 15 is 0 Å². The van der Waals surface area contributed by atoms with Crippen molar-refractivity contribution in [3.63, 3.8) is 0 Å². The zero-order valence-corrected chi connectivity index (χ0v) is 10.3. The topological polar surface area (TPSA) is 90.1 Å². The molecule has 0 saturated heterocycles. The predicted octanol–water partition coefficient (Wildman–Crippen LogP) is 0.744. The molecule has 1 aromatic carbocycles. The second-order valence-electron chi connectivity index (χ2n) is 3.96. The molecule has 2 rings (SSSR count). The zero-order valence-electron chi connectivity index (χ0n) is 10.3. The van der Waals surface area contributed by atoms with Crippen LogP contribution >= 0.6 is 0 Å². The van der Waals surface area contributed by atoms with Crippen molar-refractivity contribution in [2.24, 2.45) is 5.73 Å². The third kappa shape index (κ3) is 3.32. The molecule has 3 N–H and O–H groups in total. The molecule has 0 saturated carbocycles. The molecule has 100 valence electrons. The maximum Gasteiger partial charge on any atom is 0.273 e. The van der Waals surface area contributed by atoms with Crippen molar-refractivity contribution >= 4 is 5.91 Å². The Kier molecular flexibility index (Phi) is 4.15. The van der Waals surface area contributed by atoms with E-state index in [2.05, 4.69) is 5.10 Å². The van der Waals surface area contributed by atoms with Gasteiger partial charge in [0.05, 0.1) is 18.7 Å². The minimum Gasteiger partial charge on any atom is -0.493 e. The molecule has 0 radical (unpaired) electrons. The van der Waals surface area contributed by atoms with Crippen LogP contribution in [-0.2, 0) is 6.54 Å². The Hall–Kier alpha value is -2.34. The molecule has 0 aliphatic heterocycles. The van der Waals surface area contributed by atoms with Crippen LogP contribution in [0.1, 0.15) is 16.9 Å². The number of aromatic amines is 1. The number of nitrogens with one attached hydrogen (secondary N) is 1. The number of carbonyl (C=O) groups is 1. The largest absolute Gasteiger partial charge is 0.493 e. The fourth-order valence-electron chi connectivity index (χ4n) is 1.62. The van der Waals surface area contributed by atoms with Gasteiger partial charge in [0.2, 0.25) is 0 Å². The summed E-state index contributed by atoms with van der Waals surface area (Å²) in [6.45, 7) is 0.405. The lowest BCUT2D eigenvalue weighted by molar-refractivity contribution is 0.0860. The number of hydrogen-bond acceptors (Lipinski definition) is 4. The third-order valence-corrected chi connectivity index (χ3v) is 2.57. The van der Waals surface area contributed by atoms with Gasteiger partial charge in [0.1, 0.15) is 5.75 Å². The molecule has 0 spiro atoms. The van der Waals surface area contributed by atoms with E-state index in [1.165, 1.54) is 6.07 Å². The standard InChI is InChI=1S/C13H15N3O3/c14-9-10-8-13(18)16(15-10)12(17)6-7-19-11-4-2-1-3-5-11/h1-5,8,15H,6-7,9,14H2. The van der Waals surface area contributed by atoms with Gasteiger partial charge in [-0.3, -0.25) is 14.7 Å². The molecule has 0 aliphatic carbocycles. The zero-order chi connectivity index (χ0) is 13.7. The second kappa shape index (κ2) is 6.01. The Labute approximate surface area is 109 Å². The third-order valence-electron chi connectivity index (χ3n) is 2.57. The summed E-state index contributed by atoms with van der Waals surface area (Å²) in [5.74, 6) is 0.345. The first-order chi connectivity index (χ1) is 9.20. The van der Waals surface area contributed by atoms with Crippen LogP contribution in [0.15, 0.2) is 41.2 Å². The highest BCUT2D eigenvalue weighted by Gasteiger charge is 2.10. The van der Waals surface area contributed by atoms with Crippen LogP contribution in [0.4, 0.5) is 0 Å². The van der Waals surface area contributed by atoms with Gasteiger partial charge in [0.15, 0.2) is 0 Å². The number of aromatic nitrogens is 2. The van der Waals surface area contributed by atoms with Crippen molar-refractivity contribution < 1.29 is 9.53 Å². The molecule has 19 heavy (non-hydrogen) atoms. The number of carbonyl (C=O) groups excluding carboxylic acids is 1. The number of nitrogens with zero attached hydrogens (tertiary/aromatic N) is 1. The van der Waals surface area contributed by atoms with Gasteiger partial charge >= 0.3 is 0 Å². The van der Waals surface area contributed by atoms with Crippen molar-refractivity contribution in [3.8, 4) is 5.75 Å². The van der Waals surface area contributed by atoms with E-state index < -0.39 is 5.56 Å². The Morgan fingerprint density at radius 1 is 1.32 bits per heavy atom. The van der Waals surface area contributed by atoms with Crippen LogP contribution in [0.25, 0.3) is 0 Å². The van der Waals surface area contributed by atoms with Gasteiger partial charge in [0, 0.05) is 12.6 Å². The van der Waals surface area contributed by atoms with E-state index in [1.807, 2.05) is 18.2 Å². The fraction of sp³-hybridized carbons (Fsp3) is 0.231. The van der Waals surface area contributed by atoms with E-state index in [-0.39, 0.29) is 25.5 Å². The highest BCUT2D eigenvalue weighted by atomic mass is 16.5.